The third-order valence-corrected chi connectivity index (χ3v) is 3.41. The second kappa shape index (κ2) is 5.32. The Balaban J connectivity index is 2.21. The van der Waals surface area contributed by atoms with Gasteiger partial charge in [-0.05, 0) is 32.4 Å². The molecule has 0 atom stereocenters. The van der Waals surface area contributed by atoms with E-state index in [0.717, 1.165) is 6.04 Å². The van der Waals surface area contributed by atoms with Crippen LogP contribution < -0.4 is 5.32 Å². The molecule has 3 heteroatoms. The number of hydrogen-bond acceptors (Lipinski definition) is 2. The van der Waals surface area contributed by atoms with Crippen LogP contribution in [0.5, 0.6) is 0 Å². The van der Waals surface area contributed by atoms with E-state index in [1.807, 2.05) is 0 Å². The molecule has 0 unspecified atom stereocenters. The molecule has 0 spiro atoms. The van der Waals surface area contributed by atoms with Crippen LogP contribution in [-0.4, -0.2) is 28.8 Å². The fourth-order valence-corrected chi connectivity index (χ4v) is 2.52. The molecule has 11 heavy (non-hydrogen) atoms. The van der Waals surface area contributed by atoms with Gasteiger partial charge in [0.15, 0.2) is 0 Å². The summed E-state index contributed by atoms with van der Waals surface area (Å²) in [5, 5.41) is 3.38. The van der Waals surface area contributed by atoms with Gasteiger partial charge in [-0.1, -0.05) is 6.92 Å². The van der Waals surface area contributed by atoms with Gasteiger partial charge in [0.05, 0.1) is 0 Å². The summed E-state index contributed by atoms with van der Waals surface area (Å²) in [4.78, 5) is 0. The molecule has 0 aromatic rings. The third-order valence-electron chi connectivity index (χ3n) is 2.14. The Hall–Kier alpha value is 0.650. The first-order valence-electron chi connectivity index (χ1n) is 4.47. The van der Waals surface area contributed by atoms with Crippen LogP contribution in [0.4, 0.5) is 0 Å². The summed E-state index contributed by atoms with van der Waals surface area (Å²) in [6.45, 7) is 5.89. The lowest BCUT2D eigenvalue weighted by molar-refractivity contribution is 0.304. The van der Waals surface area contributed by atoms with Gasteiger partial charge < -0.3 is 5.32 Å². The van der Waals surface area contributed by atoms with Gasteiger partial charge >= 0.3 is 0 Å². The van der Waals surface area contributed by atoms with E-state index in [9.17, 15) is 0 Å². The summed E-state index contributed by atoms with van der Waals surface area (Å²) in [5.74, 6) is 0. The number of nitrogens with zero attached hydrogens (tertiary/aromatic N) is 1. The predicted octanol–water partition coefficient (Wildman–Crippen LogP) is 1.80. The minimum Gasteiger partial charge on any atom is -0.317 e. The first kappa shape index (κ1) is 9.74. The highest BCUT2D eigenvalue weighted by atomic mass is 127. The molecule has 0 radical (unpaired) electrons. The summed E-state index contributed by atoms with van der Waals surface area (Å²) in [6, 6.07) is 0.830. The van der Waals surface area contributed by atoms with E-state index in [0.29, 0.717) is 0 Å². The number of nitrogens with one attached hydrogen (secondary N) is 1. The quantitative estimate of drug-likeness (QED) is 0.620. The average molecular weight is 268 g/mol. The maximum atomic E-state index is 3.38. The van der Waals surface area contributed by atoms with Gasteiger partial charge in [-0.2, -0.15) is 0 Å². The maximum absolute atomic E-state index is 3.38. The molecule has 0 amide bonds. The number of rotatable bonds is 3. The lowest BCUT2D eigenvalue weighted by atomic mass is 10.1. The number of piperidine rings is 1. The zero-order chi connectivity index (χ0) is 8.10. The third kappa shape index (κ3) is 3.25. The molecule has 0 aromatic heterocycles. The minimum atomic E-state index is 0.830. The van der Waals surface area contributed by atoms with E-state index in [2.05, 4.69) is 38.2 Å². The smallest absolute Gasteiger partial charge is 0.0218 e. The van der Waals surface area contributed by atoms with Crippen molar-refractivity contribution in [2.24, 2.45) is 0 Å². The molecule has 1 rings (SSSR count). The van der Waals surface area contributed by atoms with Crippen LogP contribution in [0.25, 0.3) is 0 Å². The van der Waals surface area contributed by atoms with Crippen LogP contribution in [0.15, 0.2) is 0 Å². The van der Waals surface area contributed by atoms with Crippen molar-refractivity contribution in [3.05, 3.63) is 0 Å². The highest BCUT2D eigenvalue weighted by molar-refractivity contribution is 14.1. The van der Waals surface area contributed by atoms with Crippen LogP contribution in [0.2, 0.25) is 0 Å². The summed E-state index contributed by atoms with van der Waals surface area (Å²) in [5.41, 5.74) is 0. The Morgan fingerprint density at radius 1 is 1.45 bits per heavy atom. The highest BCUT2D eigenvalue weighted by Gasteiger charge is 2.17. The second-order valence-electron chi connectivity index (χ2n) is 3.10. The molecule has 1 saturated heterocycles. The minimum absolute atomic E-state index is 0.830. The molecule has 0 aliphatic carbocycles. The Morgan fingerprint density at radius 2 is 2.09 bits per heavy atom. The van der Waals surface area contributed by atoms with E-state index in [1.54, 1.807) is 0 Å². The normalized spacial score (nSPS) is 21.0. The summed E-state index contributed by atoms with van der Waals surface area (Å²) in [7, 11) is 0. The van der Waals surface area contributed by atoms with Gasteiger partial charge in [-0.15, -0.1) is 0 Å². The van der Waals surface area contributed by atoms with Crippen molar-refractivity contribution in [2.75, 3.05) is 19.6 Å². The van der Waals surface area contributed by atoms with Crippen molar-refractivity contribution in [3.63, 3.8) is 0 Å². The van der Waals surface area contributed by atoms with Crippen LogP contribution >= 0.6 is 22.9 Å². The Bertz CT molecular complexity index is 102. The molecule has 0 bridgehead atoms. The van der Waals surface area contributed by atoms with E-state index in [4.69, 9.17) is 0 Å². The highest BCUT2D eigenvalue weighted by Crippen LogP contribution is 2.15. The van der Waals surface area contributed by atoms with E-state index < -0.39 is 0 Å². The number of hydrogen-bond donors (Lipinski definition) is 1. The standard InChI is InChI=1S/C8H17IN2/c1-2-7-11(9)8-3-5-10-6-4-8/h8,10H,2-7H2,1H3. The van der Waals surface area contributed by atoms with Crippen molar-refractivity contribution < 1.29 is 0 Å². The van der Waals surface area contributed by atoms with E-state index in [-0.39, 0.29) is 0 Å². The molecule has 1 aliphatic heterocycles. The topological polar surface area (TPSA) is 15.3 Å². The fourth-order valence-electron chi connectivity index (χ4n) is 1.48. The molecule has 0 aromatic carbocycles. The van der Waals surface area contributed by atoms with Crippen LogP contribution in [0.3, 0.4) is 0 Å². The van der Waals surface area contributed by atoms with E-state index >= 15 is 0 Å². The van der Waals surface area contributed by atoms with E-state index in [1.165, 1.54) is 38.9 Å². The molecule has 1 fully saturated rings. The molecule has 1 N–H and O–H groups in total. The largest absolute Gasteiger partial charge is 0.317 e. The Morgan fingerprint density at radius 3 is 2.64 bits per heavy atom. The van der Waals surface area contributed by atoms with Gasteiger partial charge in [0, 0.05) is 35.5 Å². The predicted molar refractivity (Wildman–Crippen MR) is 56.9 cm³/mol. The molecule has 1 aliphatic rings. The van der Waals surface area contributed by atoms with Crippen molar-refractivity contribution in [2.45, 2.75) is 32.2 Å². The van der Waals surface area contributed by atoms with Crippen molar-refractivity contribution in [3.8, 4) is 0 Å². The van der Waals surface area contributed by atoms with Gasteiger partial charge in [-0.25, -0.2) is 3.11 Å². The average Bonchev–Trinajstić information content (AvgIpc) is 2.07. The van der Waals surface area contributed by atoms with Crippen molar-refractivity contribution >= 4 is 22.9 Å². The summed E-state index contributed by atoms with van der Waals surface area (Å²) in [6.07, 6.45) is 3.92. The summed E-state index contributed by atoms with van der Waals surface area (Å²) < 4.78 is 2.47. The lowest BCUT2D eigenvalue weighted by Gasteiger charge is -2.29. The summed E-state index contributed by atoms with van der Waals surface area (Å²) >= 11 is 2.47. The first-order chi connectivity index (χ1) is 5.34. The van der Waals surface area contributed by atoms with Crippen LogP contribution in [0, 0.1) is 0 Å². The number of halogens is 1. The molecular formula is C8H17IN2. The zero-order valence-corrected chi connectivity index (χ0v) is 9.30. The molecule has 0 saturated carbocycles. The maximum Gasteiger partial charge on any atom is 0.0218 e. The Kier molecular flexibility index (Phi) is 4.71. The SMILES string of the molecule is CCCN(I)C1CCNCC1. The molecule has 1 heterocycles. The van der Waals surface area contributed by atoms with Crippen LogP contribution in [0.1, 0.15) is 26.2 Å². The first-order valence-corrected chi connectivity index (χ1v) is 5.44. The van der Waals surface area contributed by atoms with Gasteiger partial charge in [0.2, 0.25) is 0 Å². The molecule has 2 nitrogen and oxygen atoms in total. The van der Waals surface area contributed by atoms with Crippen molar-refractivity contribution in [1.82, 2.24) is 8.43 Å². The monoisotopic (exact) mass is 268 g/mol. The molecule has 66 valence electrons. The van der Waals surface area contributed by atoms with Crippen LogP contribution in [-0.2, 0) is 0 Å². The van der Waals surface area contributed by atoms with Gasteiger partial charge in [0.25, 0.3) is 0 Å². The Labute approximate surface area is 83.2 Å². The lowest BCUT2D eigenvalue weighted by Crippen LogP contribution is -2.38. The van der Waals surface area contributed by atoms with Gasteiger partial charge in [0.1, 0.15) is 0 Å². The van der Waals surface area contributed by atoms with Gasteiger partial charge in [-0.3, -0.25) is 0 Å². The second-order valence-corrected chi connectivity index (χ2v) is 4.34. The van der Waals surface area contributed by atoms with Crippen molar-refractivity contribution in [1.29, 1.82) is 0 Å². The zero-order valence-electron chi connectivity index (χ0n) is 7.15. The molecular weight excluding hydrogens is 251 g/mol. The fraction of sp³-hybridized carbons (Fsp3) is 1.00.